The first-order valence-electron chi connectivity index (χ1n) is 8.14. The predicted molar refractivity (Wildman–Crippen MR) is 102 cm³/mol. The molecule has 1 amide bonds. The minimum atomic E-state index is -0.382. The Kier molecular flexibility index (Phi) is 5.37. The average Bonchev–Trinajstić information content (AvgIpc) is 2.98. The van der Waals surface area contributed by atoms with Gasteiger partial charge in [0.05, 0.1) is 5.25 Å². The first-order valence-corrected chi connectivity index (χ1v) is 9.02. The van der Waals surface area contributed by atoms with Crippen molar-refractivity contribution in [3.8, 4) is 11.4 Å². The van der Waals surface area contributed by atoms with Gasteiger partial charge in [0.1, 0.15) is 5.82 Å². The number of halogens is 1. The van der Waals surface area contributed by atoms with Crippen LogP contribution in [-0.4, -0.2) is 25.9 Å². The summed E-state index contributed by atoms with van der Waals surface area (Å²) in [6, 6.07) is 13.6. The number of aryl methyl sites for hydroxylation is 1. The van der Waals surface area contributed by atoms with Gasteiger partial charge < -0.3 is 9.88 Å². The van der Waals surface area contributed by atoms with Gasteiger partial charge in [0.25, 0.3) is 0 Å². The highest BCUT2D eigenvalue weighted by molar-refractivity contribution is 8.00. The highest BCUT2D eigenvalue weighted by Crippen LogP contribution is 2.27. The fourth-order valence-corrected chi connectivity index (χ4v) is 3.28. The first kappa shape index (κ1) is 18.1. The maximum absolute atomic E-state index is 13.0. The summed E-state index contributed by atoms with van der Waals surface area (Å²) in [6.45, 7) is 3.82. The molecule has 3 rings (SSSR count). The highest BCUT2D eigenvalue weighted by Gasteiger charge is 2.20. The maximum Gasteiger partial charge on any atom is 0.237 e. The van der Waals surface area contributed by atoms with Gasteiger partial charge in [-0.3, -0.25) is 4.79 Å². The van der Waals surface area contributed by atoms with Crippen molar-refractivity contribution in [3.05, 3.63) is 59.9 Å². The lowest BCUT2D eigenvalue weighted by Gasteiger charge is -2.12. The van der Waals surface area contributed by atoms with E-state index in [2.05, 4.69) is 15.5 Å². The van der Waals surface area contributed by atoms with Crippen molar-refractivity contribution in [1.29, 1.82) is 0 Å². The van der Waals surface area contributed by atoms with Crippen LogP contribution in [-0.2, 0) is 11.8 Å². The number of hydrogen-bond acceptors (Lipinski definition) is 4. The molecule has 1 heterocycles. The molecule has 26 heavy (non-hydrogen) atoms. The van der Waals surface area contributed by atoms with Crippen LogP contribution in [0.3, 0.4) is 0 Å². The molecule has 0 radical (unpaired) electrons. The average molecular weight is 370 g/mol. The van der Waals surface area contributed by atoms with Gasteiger partial charge in [0.2, 0.25) is 5.91 Å². The van der Waals surface area contributed by atoms with Crippen LogP contribution in [0.4, 0.5) is 10.1 Å². The second-order valence-corrected chi connectivity index (χ2v) is 7.24. The van der Waals surface area contributed by atoms with E-state index in [4.69, 9.17) is 0 Å². The Hall–Kier alpha value is -2.67. The van der Waals surface area contributed by atoms with Gasteiger partial charge in [0, 0.05) is 18.3 Å². The number of rotatable bonds is 5. The molecule has 0 fully saturated rings. The first-order chi connectivity index (χ1) is 12.5. The predicted octanol–water partition coefficient (Wildman–Crippen LogP) is 4.05. The van der Waals surface area contributed by atoms with Crippen LogP contribution < -0.4 is 5.32 Å². The number of amides is 1. The van der Waals surface area contributed by atoms with Gasteiger partial charge in [-0.1, -0.05) is 36.0 Å². The third kappa shape index (κ3) is 3.94. The smallest absolute Gasteiger partial charge is 0.237 e. The lowest BCUT2D eigenvalue weighted by Crippen LogP contribution is -2.22. The second kappa shape index (κ2) is 7.70. The van der Waals surface area contributed by atoms with Crippen LogP contribution in [0.15, 0.2) is 53.7 Å². The SMILES string of the molecule is Cc1ccccc1-c1nnc(S[C@@H](C)C(=O)Nc2ccc(F)cc2)n1C. The number of thioether (sulfide) groups is 1. The molecule has 1 aromatic heterocycles. The summed E-state index contributed by atoms with van der Waals surface area (Å²) in [7, 11) is 1.88. The number of carbonyl (C=O) groups is 1. The van der Waals surface area contributed by atoms with Gasteiger partial charge in [-0.2, -0.15) is 0 Å². The molecule has 0 saturated carbocycles. The van der Waals surface area contributed by atoms with Crippen LogP contribution >= 0.6 is 11.8 Å². The van der Waals surface area contributed by atoms with Crippen molar-refractivity contribution < 1.29 is 9.18 Å². The van der Waals surface area contributed by atoms with Crippen molar-refractivity contribution in [2.75, 3.05) is 5.32 Å². The Morgan fingerprint density at radius 2 is 1.85 bits per heavy atom. The molecule has 0 saturated heterocycles. The Bertz CT molecular complexity index is 924. The van der Waals surface area contributed by atoms with Crippen LogP contribution in [0.25, 0.3) is 11.4 Å². The van der Waals surface area contributed by atoms with Crippen LogP contribution in [0.2, 0.25) is 0 Å². The zero-order valence-corrected chi connectivity index (χ0v) is 15.5. The molecule has 134 valence electrons. The number of benzene rings is 2. The van der Waals surface area contributed by atoms with E-state index >= 15 is 0 Å². The highest BCUT2D eigenvalue weighted by atomic mass is 32.2. The Morgan fingerprint density at radius 1 is 1.15 bits per heavy atom. The topological polar surface area (TPSA) is 59.8 Å². The maximum atomic E-state index is 13.0. The van der Waals surface area contributed by atoms with Gasteiger partial charge in [-0.25, -0.2) is 4.39 Å². The number of anilines is 1. The molecule has 0 spiro atoms. The standard InChI is InChI=1S/C19H19FN4OS/c1-12-6-4-5-7-16(12)17-22-23-19(24(17)3)26-13(2)18(25)21-15-10-8-14(20)9-11-15/h4-11,13H,1-3H3,(H,21,25)/t13-/m0/s1. The summed E-state index contributed by atoms with van der Waals surface area (Å²) in [4.78, 5) is 12.4. The van der Waals surface area contributed by atoms with Crippen molar-refractivity contribution in [3.63, 3.8) is 0 Å². The molecule has 2 aromatic carbocycles. The van der Waals surface area contributed by atoms with Crippen LogP contribution in [0.1, 0.15) is 12.5 Å². The fraction of sp³-hybridized carbons (Fsp3) is 0.211. The van der Waals surface area contributed by atoms with Crippen molar-refractivity contribution in [1.82, 2.24) is 14.8 Å². The molecule has 1 atom stereocenters. The van der Waals surface area contributed by atoms with Crippen molar-refractivity contribution in [2.45, 2.75) is 24.3 Å². The minimum absolute atomic E-state index is 0.179. The molecule has 7 heteroatoms. The fourth-order valence-electron chi connectivity index (χ4n) is 2.46. The van der Waals surface area contributed by atoms with E-state index in [0.29, 0.717) is 10.8 Å². The molecule has 0 aliphatic heterocycles. The van der Waals surface area contributed by atoms with Crippen molar-refractivity contribution in [2.24, 2.45) is 7.05 Å². The lowest BCUT2D eigenvalue weighted by atomic mass is 10.1. The van der Waals surface area contributed by atoms with E-state index in [-0.39, 0.29) is 17.0 Å². The summed E-state index contributed by atoms with van der Waals surface area (Å²) in [5.74, 6) is 0.243. The summed E-state index contributed by atoms with van der Waals surface area (Å²) in [6.07, 6.45) is 0. The molecule has 0 unspecified atom stereocenters. The number of hydrogen-bond donors (Lipinski definition) is 1. The van der Waals surface area contributed by atoms with E-state index in [1.807, 2.05) is 42.8 Å². The summed E-state index contributed by atoms with van der Waals surface area (Å²) >= 11 is 1.33. The summed E-state index contributed by atoms with van der Waals surface area (Å²) in [5.41, 5.74) is 2.68. The van der Waals surface area contributed by atoms with E-state index in [1.54, 1.807) is 6.92 Å². The summed E-state index contributed by atoms with van der Waals surface area (Å²) < 4.78 is 14.8. The molecule has 5 nitrogen and oxygen atoms in total. The quantitative estimate of drug-likeness (QED) is 0.689. The number of nitrogens with one attached hydrogen (secondary N) is 1. The van der Waals surface area contributed by atoms with Crippen LogP contribution in [0.5, 0.6) is 0 Å². The largest absolute Gasteiger partial charge is 0.325 e. The molecule has 0 aliphatic rings. The Balaban J connectivity index is 1.71. The molecule has 1 N–H and O–H groups in total. The zero-order chi connectivity index (χ0) is 18.7. The van der Waals surface area contributed by atoms with Gasteiger partial charge in [-0.15, -0.1) is 10.2 Å². The molecular formula is C19H19FN4OS. The second-order valence-electron chi connectivity index (χ2n) is 5.94. The van der Waals surface area contributed by atoms with Crippen LogP contribution in [0, 0.1) is 12.7 Å². The Morgan fingerprint density at radius 3 is 2.54 bits per heavy atom. The summed E-state index contributed by atoms with van der Waals surface area (Å²) in [5, 5.41) is 11.5. The van der Waals surface area contributed by atoms with Gasteiger partial charge in [-0.05, 0) is 43.7 Å². The molecule has 3 aromatic rings. The van der Waals surface area contributed by atoms with Crippen molar-refractivity contribution >= 4 is 23.4 Å². The number of carbonyl (C=O) groups excluding carboxylic acids is 1. The van der Waals surface area contributed by atoms with E-state index in [0.717, 1.165) is 17.0 Å². The zero-order valence-electron chi connectivity index (χ0n) is 14.7. The third-order valence-electron chi connectivity index (χ3n) is 3.98. The third-order valence-corrected chi connectivity index (χ3v) is 5.12. The van der Waals surface area contributed by atoms with Gasteiger partial charge in [0.15, 0.2) is 11.0 Å². The Labute approximate surface area is 155 Å². The van der Waals surface area contributed by atoms with E-state index in [1.165, 1.54) is 36.0 Å². The normalized spacial score (nSPS) is 12.0. The molecule has 0 bridgehead atoms. The minimum Gasteiger partial charge on any atom is -0.325 e. The number of aromatic nitrogens is 3. The molecular weight excluding hydrogens is 351 g/mol. The van der Waals surface area contributed by atoms with Gasteiger partial charge >= 0.3 is 0 Å². The number of nitrogens with zero attached hydrogens (tertiary/aromatic N) is 3. The lowest BCUT2D eigenvalue weighted by molar-refractivity contribution is -0.115. The monoisotopic (exact) mass is 370 g/mol. The molecule has 0 aliphatic carbocycles. The van der Waals surface area contributed by atoms with E-state index < -0.39 is 0 Å². The van der Waals surface area contributed by atoms with E-state index in [9.17, 15) is 9.18 Å².